The summed E-state index contributed by atoms with van der Waals surface area (Å²) in [5.41, 5.74) is 3.77. The first-order valence-corrected chi connectivity index (χ1v) is 8.19. The summed E-state index contributed by atoms with van der Waals surface area (Å²) < 4.78 is 0. The number of aryl methyl sites for hydroxylation is 1. The van der Waals surface area contributed by atoms with Crippen LogP contribution in [0.2, 0.25) is 0 Å². The van der Waals surface area contributed by atoms with Crippen molar-refractivity contribution >= 4 is 17.3 Å². The van der Waals surface area contributed by atoms with Crippen molar-refractivity contribution in [2.24, 2.45) is 0 Å². The Balaban J connectivity index is 1.96. The van der Waals surface area contributed by atoms with Crippen LogP contribution in [0, 0.1) is 6.92 Å². The molecule has 0 aliphatic carbocycles. The number of benzene rings is 2. The topological polar surface area (TPSA) is 24.1 Å². The highest BCUT2D eigenvalue weighted by molar-refractivity contribution is 7.80. The Labute approximate surface area is 139 Å². The van der Waals surface area contributed by atoms with Crippen molar-refractivity contribution in [2.75, 3.05) is 0 Å². The summed E-state index contributed by atoms with van der Waals surface area (Å²) in [6, 6.07) is 19.4. The van der Waals surface area contributed by atoms with Crippen LogP contribution in [0.4, 0.5) is 0 Å². The first-order valence-electron chi connectivity index (χ1n) is 7.78. The van der Waals surface area contributed by atoms with E-state index in [0.29, 0.717) is 5.11 Å². The fraction of sp³-hybridized carbons (Fsp3) is 0.316. The van der Waals surface area contributed by atoms with Crippen LogP contribution in [-0.2, 0) is 0 Å². The first kappa shape index (κ1) is 16.5. The van der Waals surface area contributed by atoms with Crippen LogP contribution < -0.4 is 10.6 Å². The zero-order valence-electron chi connectivity index (χ0n) is 13.5. The highest BCUT2D eigenvalue weighted by Gasteiger charge is 2.12. The number of hydrogen-bond acceptors (Lipinski definition) is 1. The third kappa shape index (κ3) is 4.57. The molecule has 0 bridgehead atoms. The van der Waals surface area contributed by atoms with Crippen molar-refractivity contribution in [2.45, 2.75) is 39.3 Å². The molecule has 0 aliphatic rings. The van der Waals surface area contributed by atoms with E-state index >= 15 is 0 Å². The van der Waals surface area contributed by atoms with Crippen LogP contribution in [-0.4, -0.2) is 5.11 Å². The van der Waals surface area contributed by atoms with Crippen LogP contribution in [0.25, 0.3) is 0 Å². The van der Waals surface area contributed by atoms with E-state index in [9.17, 15) is 0 Å². The van der Waals surface area contributed by atoms with Gasteiger partial charge in [-0.1, -0.05) is 67.1 Å². The molecule has 2 unspecified atom stereocenters. The summed E-state index contributed by atoms with van der Waals surface area (Å²) in [6.07, 6.45) is 0.991. The normalized spacial score (nSPS) is 13.2. The predicted octanol–water partition coefficient (Wildman–Crippen LogP) is 4.67. The maximum absolute atomic E-state index is 5.48. The van der Waals surface area contributed by atoms with Gasteiger partial charge in [0, 0.05) is 0 Å². The van der Waals surface area contributed by atoms with E-state index in [1.165, 1.54) is 16.7 Å². The second-order valence-corrected chi connectivity index (χ2v) is 6.03. The maximum atomic E-state index is 5.48. The minimum atomic E-state index is 0.191. The van der Waals surface area contributed by atoms with Gasteiger partial charge in [-0.3, -0.25) is 0 Å². The van der Waals surface area contributed by atoms with Gasteiger partial charge in [0.25, 0.3) is 0 Å². The summed E-state index contributed by atoms with van der Waals surface area (Å²) in [7, 11) is 0. The van der Waals surface area contributed by atoms with Crippen LogP contribution >= 0.6 is 12.2 Å². The fourth-order valence-electron chi connectivity index (χ4n) is 2.44. The standard InChI is InChI=1S/C19H24N2S/c1-4-18(17-12-10-14(2)11-13-17)21-19(22)20-15(3)16-8-6-5-7-9-16/h5-13,15,18H,4H2,1-3H3,(H2,20,21,22). The second-order valence-electron chi connectivity index (χ2n) is 5.62. The second kappa shape index (κ2) is 7.95. The predicted molar refractivity (Wildman–Crippen MR) is 97.9 cm³/mol. The summed E-state index contributed by atoms with van der Waals surface area (Å²) in [4.78, 5) is 0. The van der Waals surface area contributed by atoms with Gasteiger partial charge in [0.15, 0.2) is 5.11 Å². The lowest BCUT2D eigenvalue weighted by molar-refractivity contribution is 0.601. The SMILES string of the molecule is CCC(NC(=S)NC(C)c1ccccc1)c1ccc(C)cc1. The van der Waals surface area contributed by atoms with E-state index in [0.717, 1.165) is 6.42 Å². The highest BCUT2D eigenvalue weighted by atomic mass is 32.1. The molecule has 22 heavy (non-hydrogen) atoms. The van der Waals surface area contributed by atoms with Gasteiger partial charge in [0.2, 0.25) is 0 Å². The molecule has 0 saturated heterocycles. The molecule has 0 spiro atoms. The summed E-state index contributed by atoms with van der Waals surface area (Å²) >= 11 is 5.48. The van der Waals surface area contributed by atoms with E-state index < -0.39 is 0 Å². The Hall–Kier alpha value is -1.87. The molecule has 0 saturated carbocycles. The van der Waals surface area contributed by atoms with Crippen molar-refractivity contribution in [3.63, 3.8) is 0 Å². The molecule has 0 radical (unpaired) electrons. The Kier molecular flexibility index (Phi) is 5.96. The lowest BCUT2D eigenvalue weighted by atomic mass is 10.0. The molecule has 0 amide bonds. The minimum Gasteiger partial charge on any atom is -0.356 e. The molecule has 2 aromatic rings. The summed E-state index contributed by atoms with van der Waals surface area (Å²) in [6.45, 7) is 6.39. The molecule has 116 valence electrons. The van der Waals surface area contributed by atoms with Gasteiger partial charge in [-0.2, -0.15) is 0 Å². The molecule has 2 nitrogen and oxygen atoms in total. The molecular formula is C19H24N2S. The lowest BCUT2D eigenvalue weighted by Crippen LogP contribution is -2.38. The third-order valence-electron chi connectivity index (χ3n) is 3.84. The zero-order valence-corrected chi connectivity index (χ0v) is 14.3. The van der Waals surface area contributed by atoms with Crippen molar-refractivity contribution in [3.05, 3.63) is 71.3 Å². The molecule has 2 rings (SSSR count). The van der Waals surface area contributed by atoms with E-state index in [1.54, 1.807) is 0 Å². The quantitative estimate of drug-likeness (QED) is 0.784. The van der Waals surface area contributed by atoms with Crippen molar-refractivity contribution < 1.29 is 0 Å². The molecule has 2 N–H and O–H groups in total. The van der Waals surface area contributed by atoms with Crippen LogP contribution in [0.15, 0.2) is 54.6 Å². The summed E-state index contributed by atoms with van der Waals surface area (Å²) in [5, 5.41) is 7.48. The van der Waals surface area contributed by atoms with E-state index in [4.69, 9.17) is 12.2 Å². The van der Waals surface area contributed by atoms with Gasteiger partial charge in [0.1, 0.15) is 0 Å². The van der Waals surface area contributed by atoms with E-state index in [1.807, 2.05) is 18.2 Å². The Bertz CT molecular complexity index is 593. The minimum absolute atomic E-state index is 0.191. The monoisotopic (exact) mass is 312 g/mol. The van der Waals surface area contributed by atoms with Crippen molar-refractivity contribution in [1.29, 1.82) is 0 Å². The Morgan fingerprint density at radius 3 is 2.18 bits per heavy atom. The lowest BCUT2D eigenvalue weighted by Gasteiger charge is -2.23. The number of hydrogen-bond donors (Lipinski definition) is 2. The van der Waals surface area contributed by atoms with Crippen LogP contribution in [0.1, 0.15) is 49.0 Å². The molecule has 0 heterocycles. The Morgan fingerprint density at radius 2 is 1.59 bits per heavy atom. The van der Waals surface area contributed by atoms with E-state index in [-0.39, 0.29) is 12.1 Å². The van der Waals surface area contributed by atoms with Crippen LogP contribution in [0.5, 0.6) is 0 Å². The number of thiocarbonyl (C=S) groups is 1. The van der Waals surface area contributed by atoms with Gasteiger partial charge in [-0.05, 0) is 43.6 Å². The zero-order chi connectivity index (χ0) is 15.9. The van der Waals surface area contributed by atoms with Gasteiger partial charge in [0.05, 0.1) is 12.1 Å². The van der Waals surface area contributed by atoms with E-state index in [2.05, 4.69) is 67.8 Å². The number of nitrogens with one attached hydrogen (secondary N) is 2. The number of rotatable bonds is 5. The van der Waals surface area contributed by atoms with Crippen molar-refractivity contribution in [3.8, 4) is 0 Å². The molecule has 2 aromatic carbocycles. The molecule has 0 aliphatic heterocycles. The van der Waals surface area contributed by atoms with Crippen molar-refractivity contribution in [1.82, 2.24) is 10.6 Å². The molecule has 0 fully saturated rings. The average Bonchev–Trinajstić information content (AvgIpc) is 2.54. The molecule has 0 aromatic heterocycles. The van der Waals surface area contributed by atoms with Gasteiger partial charge >= 0.3 is 0 Å². The fourth-order valence-corrected chi connectivity index (χ4v) is 2.76. The summed E-state index contributed by atoms with van der Waals surface area (Å²) in [5.74, 6) is 0. The smallest absolute Gasteiger partial charge is 0.167 e. The molecule has 2 atom stereocenters. The first-order chi connectivity index (χ1) is 10.6. The van der Waals surface area contributed by atoms with Gasteiger partial charge in [-0.25, -0.2) is 0 Å². The van der Waals surface area contributed by atoms with Gasteiger partial charge in [-0.15, -0.1) is 0 Å². The molecular weight excluding hydrogens is 288 g/mol. The molecule has 3 heteroatoms. The Morgan fingerprint density at radius 1 is 0.955 bits per heavy atom. The average molecular weight is 312 g/mol. The maximum Gasteiger partial charge on any atom is 0.167 e. The van der Waals surface area contributed by atoms with Gasteiger partial charge < -0.3 is 10.6 Å². The highest BCUT2D eigenvalue weighted by Crippen LogP contribution is 2.17. The largest absolute Gasteiger partial charge is 0.356 e. The third-order valence-corrected chi connectivity index (χ3v) is 4.08. The van der Waals surface area contributed by atoms with Crippen LogP contribution in [0.3, 0.4) is 0 Å².